The van der Waals surface area contributed by atoms with Crippen molar-refractivity contribution in [3.05, 3.63) is 52.8 Å². The van der Waals surface area contributed by atoms with Gasteiger partial charge in [0.15, 0.2) is 0 Å². The maximum Gasteiger partial charge on any atom is 0.426 e. The predicted octanol–water partition coefficient (Wildman–Crippen LogP) is 3.13. The molecule has 144 valence electrons. The summed E-state index contributed by atoms with van der Waals surface area (Å²) in [6.07, 6.45) is 1.04. The van der Waals surface area contributed by atoms with Crippen LogP contribution in [0, 0.1) is 13.8 Å². The Balaban J connectivity index is 1.46. The summed E-state index contributed by atoms with van der Waals surface area (Å²) in [6.45, 7) is 5.41. The van der Waals surface area contributed by atoms with Crippen LogP contribution < -0.4 is 5.32 Å². The van der Waals surface area contributed by atoms with Crippen molar-refractivity contribution in [2.45, 2.75) is 39.2 Å². The molecule has 0 saturated carbocycles. The minimum absolute atomic E-state index is 0.0493. The third kappa shape index (κ3) is 5.10. The van der Waals surface area contributed by atoms with Gasteiger partial charge in [0.1, 0.15) is 11.5 Å². The third-order valence-electron chi connectivity index (χ3n) is 4.70. The Hall–Kier alpha value is -2.80. The van der Waals surface area contributed by atoms with E-state index in [0.717, 1.165) is 35.4 Å². The van der Waals surface area contributed by atoms with Crippen LogP contribution in [-0.4, -0.2) is 39.4 Å². The fourth-order valence-corrected chi connectivity index (χ4v) is 3.48. The monoisotopic (exact) mass is 371 g/mol. The number of aryl methyl sites for hydroxylation is 2. The maximum atomic E-state index is 12.0. The van der Waals surface area contributed by atoms with E-state index >= 15 is 0 Å². The van der Waals surface area contributed by atoms with E-state index in [2.05, 4.69) is 10.3 Å². The Morgan fingerprint density at radius 2 is 1.85 bits per heavy atom. The molecule has 3 rings (SSSR count). The van der Waals surface area contributed by atoms with Crippen LogP contribution in [0.5, 0.6) is 11.5 Å². The first-order valence-corrected chi connectivity index (χ1v) is 9.07. The number of hydrogen-bond acceptors (Lipinski definition) is 6. The number of nitrogens with one attached hydrogen (secondary N) is 1. The van der Waals surface area contributed by atoms with Crippen LogP contribution in [-0.2, 0) is 11.4 Å². The molecule has 3 N–H and O–H groups in total. The van der Waals surface area contributed by atoms with Crippen LogP contribution in [0.3, 0.4) is 0 Å². The SMILES string of the molecule is Cc1cc(CNC(=O)ON2CCC(c3ccc(O)cc3O)CC2)cc(C)n1. The number of carbonyl (C=O) groups excluding carboxylic acids is 1. The van der Waals surface area contributed by atoms with Gasteiger partial charge >= 0.3 is 6.09 Å². The van der Waals surface area contributed by atoms with Crippen LogP contribution in [0.4, 0.5) is 4.79 Å². The highest BCUT2D eigenvalue weighted by Crippen LogP contribution is 2.35. The molecule has 0 atom stereocenters. The number of phenolic OH excluding ortho intramolecular Hbond substituents is 2. The first-order valence-electron chi connectivity index (χ1n) is 9.07. The number of benzene rings is 1. The van der Waals surface area contributed by atoms with Crippen LogP contribution in [0.2, 0.25) is 0 Å². The highest BCUT2D eigenvalue weighted by atomic mass is 16.7. The number of pyridine rings is 1. The van der Waals surface area contributed by atoms with Gasteiger partial charge in [-0.05, 0) is 61.9 Å². The van der Waals surface area contributed by atoms with Gasteiger partial charge in [-0.3, -0.25) is 4.98 Å². The number of amides is 1. The number of piperidine rings is 1. The minimum Gasteiger partial charge on any atom is -0.508 e. The molecule has 7 heteroatoms. The first-order chi connectivity index (χ1) is 12.9. The number of carbonyl (C=O) groups is 1. The zero-order valence-electron chi connectivity index (χ0n) is 15.6. The zero-order valence-corrected chi connectivity index (χ0v) is 15.6. The van der Waals surface area contributed by atoms with Gasteiger partial charge in [0.05, 0.1) is 0 Å². The lowest BCUT2D eigenvalue weighted by molar-refractivity contribution is -0.113. The lowest BCUT2D eigenvalue weighted by Crippen LogP contribution is -2.38. The van der Waals surface area contributed by atoms with Crippen LogP contribution in [0.1, 0.15) is 41.3 Å². The van der Waals surface area contributed by atoms with Crippen LogP contribution >= 0.6 is 0 Å². The van der Waals surface area contributed by atoms with E-state index in [1.807, 2.05) is 26.0 Å². The quantitative estimate of drug-likeness (QED) is 0.764. The molecule has 0 radical (unpaired) electrons. The molecule has 1 saturated heterocycles. The Labute approximate surface area is 158 Å². The Morgan fingerprint density at radius 1 is 1.19 bits per heavy atom. The molecular formula is C20H25N3O4. The second-order valence-corrected chi connectivity index (χ2v) is 6.94. The van der Waals surface area contributed by atoms with Gasteiger partial charge in [-0.15, -0.1) is 5.06 Å². The average molecular weight is 371 g/mol. The number of phenols is 2. The van der Waals surface area contributed by atoms with Crippen molar-refractivity contribution in [1.29, 1.82) is 0 Å². The summed E-state index contributed by atoms with van der Waals surface area (Å²) in [6, 6.07) is 8.55. The normalized spacial score (nSPS) is 15.5. The Morgan fingerprint density at radius 3 is 2.48 bits per heavy atom. The number of rotatable bonds is 4. The topological polar surface area (TPSA) is 94.9 Å². The number of hydrogen-bond donors (Lipinski definition) is 3. The minimum atomic E-state index is -0.479. The number of aromatic nitrogens is 1. The van der Waals surface area contributed by atoms with E-state index in [-0.39, 0.29) is 17.4 Å². The van der Waals surface area contributed by atoms with Crippen molar-refractivity contribution in [1.82, 2.24) is 15.4 Å². The summed E-state index contributed by atoms with van der Waals surface area (Å²) >= 11 is 0. The zero-order chi connectivity index (χ0) is 19.4. The first kappa shape index (κ1) is 19.0. The van der Waals surface area contributed by atoms with E-state index in [4.69, 9.17) is 4.84 Å². The molecule has 1 aliphatic rings. The number of nitrogens with zero attached hydrogens (tertiary/aromatic N) is 2. The van der Waals surface area contributed by atoms with E-state index < -0.39 is 6.09 Å². The number of hydroxylamine groups is 2. The molecular weight excluding hydrogens is 346 g/mol. The fourth-order valence-electron chi connectivity index (χ4n) is 3.48. The van der Waals surface area contributed by atoms with Crippen molar-refractivity contribution in [3.63, 3.8) is 0 Å². The molecule has 2 heterocycles. The molecule has 1 aromatic carbocycles. The smallest absolute Gasteiger partial charge is 0.426 e. The Kier molecular flexibility index (Phi) is 5.81. The molecule has 1 fully saturated rings. The van der Waals surface area contributed by atoms with Gasteiger partial charge in [0, 0.05) is 37.1 Å². The number of aromatic hydroxyl groups is 2. The summed E-state index contributed by atoms with van der Waals surface area (Å²) < 4.78 is 0. The van der Waals surface area contributed by atoms with Gasteiger partial charge in [0.25, 0.3) is 0 Å². The van der Waals surface area contributed by atoms with E-state index in [0.29, 0.717) is 19.6 Å². The lowest BCUT2D eigenvalue weighted by Gasteiger charge is -2.30. The largest absolute Gasteiger partial charge is 0.508 e. The summed E-state index contributed by atoms with van der Waals surface area (Å²) in [4.78, 5) is 21.7. The average Bonchev–Trinajstić information content (AvgIpc) is 2.60. The molecule has 1 aromatic heterocycles. The molecule has 2 aromatic rings. The van der Waals surface area contributed by atoms with Crippen molar-refractivity contribution >= 4 is 6.09 Å². The van der Waals surface area contributed by atoms with E-state index in [1.165, 1.54) is 6.07 Å². The van der Waals surface area contributed by atoms with Gasteiger partial charge in [-0.2, -0.15) is 0 Å². The van der Waals surface area contributed by atoms with Crippen LogP contribution in [0.15, 0.2) is 30.3 Å². The second-order valence-electron chi connectivity index (χ2n) is 6.94. The standard InChI is InChI=1S/C20H25N3O4/c1-13-9-15(10-14(2)22-13)12-21-20(26)27-23-7-5-16(6-8-23)18-4-3-17(24)11-19(18)25/h3-4,9-11,16,24-25H,5-8,12H2,1-2H3,(H,21,26). The molecule has 27 heavy (non-hydrogen) atoms. The highest BCUT2D eigenvalue weighted by Gasteiger charge is 2.25. The van der Waals surface area contributed by atoms with Gasteiger partial charge in [0.2, 0.25) is 0 Å². The highest BCUT2D eigenvalue weighted by molar-refractivity contribution is 5.66. The summed E-state index contributed by atoms with van der Waals surface area (Å²) in [5.41, 5.74) is 3.64. The molecule has 0 unspecified atom stereocenters. The van der Waals surface area contributed by atoms with Gasteiger partial charge < -0.3 is 20.4 Å². The molecule has 0 spiro atoms. The fraction of sp³-hybridized carbons (Fsp3) is 0.400. The van der Waals surface area contributed by atoms with Crippen molar-refractivity contribution in [2.75, 3.05) is 13.1 Å². The predicted molar refractivity (Wildman–Crippen MR) is 100 cm³/mol. The molecule has 7 nitrogen and oxygen atoms in total. The third-order valence-corrected chi connectivity index (χ3v) is 4.70. The summed E-state index contributed by atoms with van der Waals surface area (Å²) in [7, 11) is 0. The van der Waals surface area contributed by atoms with Crippen molar-refractivity contribution in [2.24, 2.45) is 0 Å². The van der Waals surface area contributed by atoms with Gasteiger partial charge in [-0.25, -0.2) is 4.79 Å². The van der Waals surface area contributed by atoms with Crippen LogP contribution in [0.25, 0.3) is 0 Å². The second kappa shape index (κ2) is 8.26. The molecule has 1 aliphatic heterocycles. The summed E-state index contributed by atoms with van der Waals surface area (Å²) in [5, 5.41) is 23.8. The lowest BCUT2D eigenvalue weighted by atomic mass is 9.89. The van der Waals surface area contributed by atoms with Gasteiger partial charge in [-0.1, -0.05) is 6.07 Å². The maximum absolute atomic E-state index is 12.0. The molecule has 1 amide bonds. The molecule has 0 bridgehead atoms. The Bertz CT molecular complexity index is 797. The van der Waals surface area contributed by atoms with Crippen molar-refractivity contribution in [3.8, 4) is 11.5 Å². The summed E-state index contributed by atoms with van der Waals surface area (Å²) in [5.74, 6) is 0.333. The molecule has 0 aliphatic carbocycles. The van der Waals surface area contributed by atoms with E-state index in [1.54, 1.807) is 17.2 Å². The van der Waals surface area contributed by atoms with E-state index in [9.17, 15) is 15.0 Å². The van der Waals surface area contributed by atoms with Crippen molar-refractivity contribution < 1.29 is 19.8 Å².